The van der Waals surface area contributed by atoms with Crippen molar-refractivity contribution in [2.75, 3.05) is 0 Å². The zero-order chi connectivity index (χ0) is 11.4. The molecule has 1 aliphatic heterocycles. The van der Waals surface area contributed by atoms with Gasteiger partial charge in [-0.1, -0.05) is 50.7 Å². The predicted molar refractivity (Wildman–Crippen MR) is 68.6 cm³/mol. The molecule has 1 nitrogen and oxygen atoms in total. The Bertz CT molecular complexity index is 248. The van der Waals surface area contributed by atoms with Crippen molar-refractivity contribution in [3.8, 4) is 0 Å². The van der Waals surface area contributed by atoms with Crippen molar-refractivity contribution >= 4 is 0 Å². The second kappa shape index (κ2) is 5.35. The van der Waals surface area contributed by atoms with Gasteiger partial charge in [-0.2, -0.15) is 0 Å². The van der Waals surface area contributed by atoms with Gasteiger partial charge in [-0.05, 0) is 32.6 Å². The Morgan fingerprint density at radius 1 is 1.31 bits per heavy atom. The first kappa shape index (κ1) is 12.2. The molecule has 1 aliphatic carbocycles. The van der Waals surface area contributed by atoms with Crippen LogP contribution in [0.3, 0.4) is 0 Å². The predicted octanol–water partition coefficient (Wildman–Crippen LogP) is 4.61. The largest absolute Gasteiger partial charge is 0.367 e. The van der Waals surface area contributed by atoms with Crippen molar-refractivity contribution in [2.45, 2.75) is 83.3 Å². The smallest absolute Gasteiger partial charge is 0.0868 e. The molecule has 0 aromatic heterocycles. The first-order valence-corrected chi connectivity index (χ1v) is 7.10. The van der Waals surface area contributed by atoms with E-state index < -0.39 is 0 Å². The van der Waals surface area contributed by atoms with Crippen LogP contribution < -0.4 is 0 Å². The lowest BCUT2D eigenvalue weighted by Gasteiger charge is -2.42. The molecule has 0 unspecified atom stereocenters. The lowest BCUT2D eigenvalue weighted by atomic mass is 9.80. The highest BCUT2D eigenvalue weighted by Gasteiger charge is 2.36. The normalized spacial score (nSPS) is 29.1. The molecule has 1 atom stereocenters. The SMILES string of the molecule is CCCC[C@@H]1CC(C)=CC2(CCCCC2)O1. The number of ether oxygens (including phenoxy) is 1. The van der Waals surface area contributed by atoms with Crippen molar-refractivity contribution in [1.29, 1.82) is 0 Å². The van der Waals surface area contributed by atoms with Gasteiger partial charge < -0.3 is 4.74 Å². The van der Waals surface area contributed by atoms with E-state index in [1.54, 1.807) is 5.57 Å². The molecule has 0 saturated heterocycles. The minimum absolute atomic E-state index is 0.138. The molecule has 16 heavy (non-hydrogen) atoms. The van der Waals surface area contributed by atoms with E-state index in [0.717, 1.165) is 0 Å². The van der Waals surface area contributed by atoms with Crippen molar-refractivity contribution in [2.24, 2.45) is 0 Å². The van der Waals surface area contributed by atoms with Crippen LogP contribution in [0.2, 0.25) is 0 Å². The third-order valence-corrected chi connectivity index (χ3v) is 4.04. The van der Waals surface area contributed by atoms with Gasteiger partial charge in [-0.25, -0.2) is 0 Å². The van der Waals surface area contributed by atoms with Gasteiger partial charge in [0.1, 0.15) is 0 Å². The maximum atomic E-state index is 6.41. The summed E-state index contributed by atoms with van der Waals surface area (Å²) in [4.78, 5) is 0. The van der Waals surface area contributed by atoms with Gasteiger partial charge in [-0.15, -0.1) is 0 Å². The van der Waals surface area contributed by atoms with Crippen LogP contribution in [0.15, 0.2) is 11.6 Å². The van der Waals surface area contributed by atoms with Crippen molar-refractivity contribution in [3.05, 3.63) is 11.6 Å². The van der Waals surface area contributed by atoms with Crippen LogP contribution in [-0.4, -0.2) is 11.7 Å². The lowest BCUT2D eigenvalue weighted by molar-refractivity contribution is -0.0945. The Morgan fingerprint density at radius 2 is 2.06 bits per heavy atom. The third-order valence-electron chi connectivity index (χ3n) is 4.04. The molecule has 92 valence electrons. The minimum Gasteiger partial charge on any atom is -0.367 e. The van der Waals surface area contributed by atoms with E-state index in [2.05, 4.69) is 19.9 Å². The van der Waals surface area contributed by atoms with Crippen molar-refractivity contribution in [3.63, 3.8) is 0 Å². The number of unbranched alkanes of at least 4 members (excludes halogenated alkanes) is 1. The molecule has 1 heteroatoms. The standard InChI is InChI=1S/C15H26O/c1-3-4-8-14-11-13(2)12-15(16-14)9-6-5-7-10-15/h12,14H,3-11H2,1-2H3/t14-/m1/s1. The molecule has 0 aromatic carbocycles. The summed E-state index contributed by atoms with van der Waals surface area (Å²) in [6.07, 6.45) is 14.6. The summed E-state index contributed by atoms with van der Waals surface area (Å²) >= 11 is 0. The van der Waals surface area contributed by atoms with Crippen LogP contribution in [0.1, 0.15) is 71.6 Å². The fourth-order valence-electron chi connectivity index (χ4n) is 3.28. The number of rotatable bonds is 3. The minimum atomic E-state index is 0.138. The average Bonchev–Trinajstić information content (AvgIpc) is 2.26. The van der Waals surface area contributed by atoms with E-state index in [9.17, 15) is 0 Å². The fraction of sp³-hybridized carbons (Fsp3) is 0.867. The summed E-state index contributed by atoms with van der Waals surface area (Å²) in [5.41, 5.74) is 1.70. The highest BCUT2D eigenvalue weighted by Crippen LogP contribution is 2.39. The van der Waals surface area contributed by atoms with Gasteiger partial charge in [0.15, 0.2) is 0 Å². The fourth-order valence-corrected chi connectivity index (χ4v) is 3.28. The average molecular weight is 222 g/mol. The molecule has 0 amide bonds. The molecule has 0 bridgehead atoms. The zero-order valence-electron chi connectivity index (χ0n) is 10.9. The maximum Gasteiger partial charge on any atom is 0.0868 e. The molecular weight excluding hydrogens is 196 g/mol. The monoisotopic (exact) mass is 222 g/mol. The van der Waals surface area contributed by atoms with Crippen LogP contribution in [0.4, 0.5) is 0 Å². The zero-order valence-corrected chi connectivity index (χ0v) is 10.9. The highest BCUT2D eigenvalue weighted by atomic mass is 16.5. The summed E-state index contributed by atoms with van der Waals surface area (Å²) in [5.74, 6) is 0. The summed E-state index contributed by atoms with van der Waals surface area (Å²) in [5, 5.41) is 0. The van der Waals surface area contributed by atoms with E-state index >= 15 is 0 Å². The van der Waals surface area contributed by atoms with Crippen LogP contribution in [-0.2, 0) is 4.74 Å². The summed E-state index contributed by atoms with van der Waals surface area (Å²) in [7, 11) is 0. The molecule has 1 heterocycles. The molecule has 1 fully saturated rings. The van der Waals surface area contributed by atoms with Gasteiger partial charge in [0.25, 0.3) is 0 Å². The Labute approximate surface area is 100 Å². The Morgan fingerprint density at radius 3 is 2.75 bits per heavy atom. The Hall–Kier alpha value is -0.300. The van der Waals surface area contributed by atoms with Gasteiger partial charge in [0, 0.05) is 0 Å². The second-order valence-corrected chi connectivity index (χ2v) is 5.70. The van der Waals surface area contributed by atoms with Gasteiger partial charge in [0.05, 0.1) is 11.7 Å². The molecule has 1 spiro atoms. The summed E-state index contributed by atoms with van der Waals surface area (Å²) in [6.45, 7) is 4.56. The van der Waals surface area contributed by atoms with Gasteiger partial charge >= 0.3 is 0 Å². The molecule has 2 rings (SSSR count). The van der Waals surface area contributed by atoms with Gasteiger partial charge in [0.2, 0.25) is 0 Å². The van der Waals surface area contributed by atoms with E-state index in [1.165, 1.54) is 57.8 Å². The van der Waals surface area contributed by atoms with E-state index in [0.29, 0.717) is 6.10 Å². The van der Waals surface area contributed by atoms with E-state index in [-0.39, 0.29) is 5.60 Å². The first-order chi connectivity index (χ1) is 7.74. The molecule has 2 aliphatic rings. The number of hydrogen-bond acceptors (Lipinski definition) is 1. The van der Waals surface area contributed by atoms with Crippen molar-refractivity contribution < 1.29 is 4.74 Å². The quantitative estimate of drug-likeness (QED) is 0.633. The van der Waals surface area contributed by atoms with Crippen LogP contribution in [0.5, 0.6) is 0 Å². The third kappa shape index (κ3) is 2.88. The van der Waals surface area contributed by atoms with Crippen LogP contribution in [0.25, 0.3) is 0 Å². The molecule has 0 N–H and O–H groups in total. The molecule has 0 radical (unpaired) electrons. The van der Waals surface area contributed by atoms with Crippen LogP contribution in [0, 0.1) is 0 Å². The topological polar surface area (TPSA) is 9.23 Å². The van der Waals surface area contributed by atoms with Crippen LogP contribution >= 0.6 is 0 Å². The lowest BCUT2D eigenvalue weighted by Crippen LogP contribution is -2.40. The maximum absolute atomic E-state index is 6.41. The Balaban J connectivity index is 2.00. The van der Waals surface area contributed by atoms with E-state index in [1.807, 2.05) is 0 Å². The molecule has 1 saturated carbocycles. The summed E-state index contributed by atoms with van der Waals surface area (Å²) < 4.78 is 6.41. The van der Waals surface area contributed by atoms with Gasteiger partial charge in [-0.3, -0.25) is 0 Å². The first-order valence-electron chi connectivity index (χ1n) is 7.10. The summed E-state index contributed by atoms with van der Waals surface area (Å²) in [6, 6.07) is 0. The number of hydrogen-bond donors (Lipinski definition) is 0. The Kier molecular flexibility index (Phi) is 4.07. The highest BCUT2D eigenvalue weighted by molar-refractivity contribution is 5.15. The van der Waals surface area contributed by atoms with Crippen molar-refractivity contribution in [1.82, 2.24) is 0 Å². The van der Waals surface area contributed by atoms with E-state index in [4.69, 9.17) is 4.74 Å². The second-order valence-electron chi connectivity index (χ2n) is 5.70. The molecule has 0 aromatic rings. The molecular formula is C15H26O.